The molecule has 4 rings (SSSR count). The molecule has 4 aromatic rings. The number of nitrogens with zero attached hydrogens (tertiary/aromatic N) is 4. The standard InChI is InChI=1S/C27H25FN6O2/c1-16-5-6-20(33-25(35)18-8-10-31-24(13-18)27(2,3)28)14-21(16)22-12-19(15-32-34-22)17-7-9-30-23(11-17)26(36)29-4/h5-15H,1-4H3,(H,29,36)(H,33,35). The van der Waals surface area contributed by atoms with Gasteiger partial charge in [0.2, 0.25) is 0 Å². The second kappa shape index (κ2) is 9.99. The van der Waals surface area contributed by atoms with Crippen molar-refractivity contribution in [1.82, 2.24) is 25.5 Å². The first-order valence-corrected chi connectivity index (χ1v) is 11.2. The van der Waals surface area contributed by atoms with Crippen LogP contribution in [0.4, 0.5) is 10.1 Å². The Hall–Kier alpha value is -4.53. The molecular formula is C27H25FN6O2. The van der Waals surface area contributed by atoms with Gasteiger partial charge < -0.3 is 10.6 Å². The maximum absolute atomic E-state index is 14.3. The van der Waals surface area contributed by atoms with Crippen LogP contribution in [0.1, 0.15) is 46.0 Å². The first-order chi connectivity index (χ1) is 17.2. The van der Waals surface area contributed by atoms with E-state index in [1.807, 2.05) is 25.1 Å². The van der Waals surface area contributed by atoms with Gasteiger partial charge in [-0.2, -0.15) is 10.2 Å². The van der Waals surface area contributed by atoms with E-state index in [2.05, 4.69) is 30.8 Å². The molecule has 0 bridgehead atoms. The fourth-order valence-corrected chi connectivity index (χ4v) is 3.59. The second-order valence-corrected chi connectivity index (χ2v) is 8.72. The van der Waals surface area contributed by atoms with Crippen molar-refractivity contribution < 1.29 is 14.0 Å². The van der Waals surface area contributed by atoms with Crippen molar-refractivity contribution in [3.05, 3.63) is 89.6 Å². The molecule has 0 unspecified atom stereocenters. The van der Waals surface area contributed by atoms with Crippen LogP contribution < -0.4 is 10.6 Å². The molecule has 0 saturated heterocycles. The number of alkyl halides is 1. The Kier molecular flexibility index (Phi) is 6.82. The Labute approximate surface area is 208 Å². The van der Waals surface area contributed by atoms with Crippen molar-refractivity contribution in [2.24, 2.45) is 0 Å². The number of benzene rings is 1. The number of amides is 2. The molecule has 0 saturated carbocycles. The lowest BCUT2D eigenvalue weighted by atomic mass is 10.0. The van der Waals surface area contributed by atoms with Crippen molar-refractivity contribution >= 4 is 17.5 Å². The van der Waals surface area contributed by atoms with Crippen LogP contribution in [0.5, 0.6) is 0 Å². The van der Waals surface area contributed by atoms with Gasteiger partial charge in [0.15, 0.2) is 0 Å². The van der Waals surface area contributed by atoms with Crippen molar-refractivity contribution in [3.63, 3.8) is 0 Å². The molecule has 0 aliphatic rings. The SMILES string of the molecule is CNC(=O)c1cc(-c2cnnc(-c3cc(NC(=O)c4ccnc(C(C)(C)F)c4)ccc3C)c2)ccn1. The van der Waals surface area contributed by atoms with Crippen molar-refractivity contribution in [1.29, 1.82) is 0 Å². The van der Waals surface area contributed by atoms with E-state index in [0.717, 1.165) is 22.3 Å². The first kappa shape index (κ1) is 24.6. The first-order valence-electron chi connectivity index (χ1n) is 11.2. The summed E-state index contributed by atoms with van der Waals surface area (Å²) < 4.78 is 14.3. The van der Waals surface area contributed by atoms with E-state index in [9.17, 15) is 14.0 Å². The number of rotatable bonds is 6. The van der Waals surface area contributed by atoms with Gasteiger partial charge in [-0.3, -0.25) is 19.6 Å². The number of pyridine rings is 2. The maximum Gasteiger partial charge on any atom is 0.269 e. The molecule has 0 aliphatic carbocycles. The highest BCUT2D eigenvalue weighted by molar-refractivity contribution is 6.04. The van der Waals surface area contributed by atoms with E-state index in [1.165, 1.54) is 32.2 Å². The summed E-state index contributed by atoms with van der Waals surface area (Å²) in [5.74, 6) is -0.661. The predicted molar refractivity (Wildman–Crippen MR) is 135 cm³/mol. The largest absolute Gasteiger partial charge is 0.354 e. The van der Waals surface area contributed by atoms with Crippen LogP contribution in [0.3, 0.4) is 0 Å². The second-order valence-electron chi connectivity index (χ2n) is 8.72. The Balaban J connectivity index is 1.63. The number of halogens is 1. The summed E-state index contributed by atoms with van der Waals surface area (Å²) in [4.78, 5) is 32.9. The van der Waals surface area contributed by atoms with Gasteiger partial charge in [-0.15, -0.1) is 0 Å². The highest BCUT2D eigenvalue weighted by atomic mass is 19.1. The summed E-state index contributed by atoms with van der Waals surface area (Å²) in [5, 5.41) is 13.8. The fourth-order valence-electron chi connectivity index (χ4n) is 3.59. The number of hydrogen-bond acceptors (Lipinski definition) is 6. The third-order valence-electron chi connectivity index (χ3n) is 5.61. The van der Waals surface area contributed by atoms with Gasteiger partial charge in [0, 0.05) is 41.8 Å². The molecular weight excluding hydrogens is 459 g/mol. The van der Waals surface area contributed by atoms with Crippen molar-refractivity contribution in [3.8, 4) is 22.4 Å². The minimum absolute atomic E-state index is 0.183. The smallest absolute Gasteiger partial charge is 0.269 e. The number of aryl methyl sites for hydroxylation is 1. The predicted octanol–water partition coefficient (Wildman–Crippen LogP) is 4.73. The van der Waals surface area contributed by atoms with Gasteiger partial charge in [-0.25, -0.2) is 4.39 Å². The van der Waals surface area contributed by atoms with Gasteiger partial charge in [0.05, 0.1) is 17.6 Å². The molecule has 2 N–H and O–H groups in total. The third-order valence-corrected chi connectivity index (χ3v) is 5.61. The number of carbonyl (C=O) groups is 2. The van der Waals surface area contributed by atoms with E-state index >= 15 is 0 Å². The number of nitrogens with one attached hydrogen (secondary N) is 2. The number of hydrogen-bond donors (Lipinski definition) is 2. The van der Waals surface area contributed by atoms with E-state index in [-0.39, 0.29) is 17.5 Å². The third kappa shape index (κ3) is 5.41. The van der Waals surface area contributed by atoms with E-state index in [1.54, 1.807) is 37.6 Å². The quantitative estimate of drug-likeness (QED) is 0.410. The van der Waals surface area contributed by atoms with Crippen LogP contribution in [0.25, 0.3) is 22.4 Å². The zero-order valence-electron chi connectivity index (χ0n) is 20.3. The zero-order valence-corrected chi connectivity index (χ0v) is 20.3. The summed E-state index contributed by atoms with van der Waals surface area (Å²) in [6.45, 7) is 4.72. The lowest BCUT2D eigenvalue weighted by molar-refractivity contribution is 0.0957. The highest BCUT2D eigenvalue weighted by Gasteiger charge is 2.22. The van der Waals surface area contributed by atoms with E-state index in [4.69, 9.17) is 0 Å². The summed E-state index contributed by atoms with van der Waals surface area (Å²) >= 11 is 0. The molecule has 0 spiro atoms. The molecule has 1 aromatic carbocycles. The lowest BCUT2D eigenvalue weighted by Crippen LogP contribution is -2.19. The van der Waals surface area contributed by atoms with Gasteiger partial charge >= 0.3 is 0 Å². The summed E-state index contributed by atoms with van der Waals surface area (Å²) in [6.07, 6.45) is 4.60. The molecule has 3 heterocycles. The Morgan fingerprint density at radius 3 is 2.44 bits per heavy atom. The normalized spacial score (nSPS) is 11.1. The monoisotopic (exact) mass is 484 g/mol. The highest BCUT2D eigenvalue weighted by Crippen LogP contribution is 2.29. The Morgan fingerprint density at radius 1 is 0.917 bits per heavy atom. The molecule has 0 fully saturated rings. The molecule has 36 heavy (non-hydrogen) atoms. The number of anilines is 1. The maximum atomic E-state index is 14.3. The number of carbonyl (C=O) groups excluding carboxylic acids is 2. The minimum atomic E-state index is -1.66. The number of aromatic nitrogens is 4. The van der Waals surface area contributed by atoms with E-state index < -0.39 is 5.67 Å². The molecule has 3 aromatic heterocycles. The molecule has 9 heteroatoms. The summed E-state index contributed by atoms with van der Waals surface area (Å²) in [5.41, 5.74) is 3.53. The Morgan fingerprint density at radius 2 is 1.69 bits per heavy atom. The van der Waals surface area contributed by atoms with Crippen LogP contribution >= 0.6 is 0 Å². The average molecular weight is 485 g/mol. The van der Waals surface area contributed by atoms with Gasteiger partial charge in [0.25, 0.3) is 11.8 Å². The molecule has 0 atom stereocenters. The van der Waals surface area contributed by atoms with Crippen LogP contribution in [0.2, 0.25) is 0 Å². The van der Waals surface area contributed by atoms with Crippen molar-refractivity contribution in [2.75, 3.05) is 12.4 Å². The summed E-state index contributed by atoms with van der Waals surface area (Å²) in [6, 6.07) is 13.8. The topological polar surface area (TPSA) is 110 Å². The van der Waals surface area contributed by atoms with Crippen LogP contribution in [0, 0.1) is 6.92 Å². The Bertz CT molecular complexity index is 1450. The van der Waals surface area contributed by atoms with Gasteiger partial charge in [-0.05, 0) is 74.4 Å². The molecule has 0 aliphatic heterocycles. The molecule has 182 valence electrons. The summed E-state index contributed by atoms with van der Waals surface area (Å²) in [7, 11) is 1.55. The van der Waals surface area contributed by atoms with Gasteiger partial charge in [0.1, 0.15) is 11.4 Å². The van der Waals surface area contributed by atoms with Crippen molar-refractivity contribution in [2.45, 2.75) is 26.4 Å². The van der Waals surface area contributed by atoms with E-state index in [0.29, 0.717) is 22.6 Å². The molecule has 0 radical (unpaired) electrons. The zero-order chi connectivity index (χ0) is 25.9. The fraction of sp³-hybridized carbons (Fsp3) is 0.185. The van der Waals surface area contributed by atoms with Crippen LogP contribution in [0.15, 0.2) is 67.1 Å². The minimum Gasteiger partial charge on any atom is -0.354 e. The molecule has 2 amide bonds. The van der Waals surface area contributed by atoms with Crippen LogP contribution in [-0.2, 0) is 5.67 Å². The molecule has 8 nitrogen and oxygen atoms in total. The van der Waals surface area contributed by atoms with Gasteiger partial charge in [-0.1, -0.05) is 6.07 Å². The average Bonchev–Trinajstić information content (AvgIpc) is 2.89. The lowest BCUT2D eigenvalue weighted by Gasteiger charge is -2.14. The van der Waals surface area contributed by atoms with Crippen LogP contribution in [-0.4, -0.2) is 39.0 Å².